The van der Waals surface area contributed by atoms with Gasteiger partial charge >= 0.3 is 5.97 Å². The van der Waals surface area contributed by atoms with E-state index in [1.165, 1.54) is 6.21 Å². The van der Waals surface area contributed by atoms with E-state index in [0.717, 1.165) is 11.1 Å². The fraction of sp³-hybridized carbons (Fsp3) is 0.389. The molecule has 0 aliphatic rings. The third-order valence-corrected chi connectivity index (χ3v) is 4.14. The SMILES string of the molecule is CCCOc1c(Cl)cc(/C=N\n2c(=S)[nH]nc(CCC(=O)O)c2=O)cc1OCC. The van der Waals surface area contributed by atoms with Crippen LogP contribution in [0.15, 0.2) is 22.0 Å². The first-order chi connectivity index (χ1) is 13.9. The fourth-order valence-corrected chi connectivity index (χ4v) is 2.76. The molecule has 0 aliphatic heterocycles. The number of rotatable bonds is 10. The zero-order valence-electron chi connectivity index (χ0n) is 16.0. The fourth-order valence-electron chi connectivity index (χ4n) is 2.31. The van der Waals surface area contributed by atoms with Crippen LogP contribution in [0.25, 0.3) is 0 Å². The number of aromatic nitrogens is 3. The minimum Gasteiger partial charge on any atom is -0.490 e. The average molecular weight is 441 g/mol. The Balaban J connectivity index is 2.38. The number of hydrogen-bond acceptors (Lipinski definition) is 7. The largest absolute Gasteiger partial charge is 0.490 e. The van der Waals surface area contributed by atoms with Gasteiger partial charge in [-0.15, -0.1) is 0 Å². The molecule has 0 bridgehead atoms. The lowest BCUT2D eigenvalue weighted by molar-refractivity contribution is -0.136. The van der Waals surface area contributed by atoms with Gasteiger partial charge in [-0.2, -0.15) is 14.9 Å². The molecule has 0 aliphatic carbocycles. The maximum Gasteiger partial charge on any atom is 0.303 e. The van der Waals surface area contributed by atoms with Crippen LogP contribution in [-0.2, 0) is 11.2 Å². The summed E-state index contributed by atoms with van der Waals surface area (Å²) in [6.07, 6.45) is 1.94. The lowest BCUT2D eigenvalue weighted by atomic mass is 10.2. The Labute approximate surface area is 176 Å². The number of carbonyl (C=O) groups is 1. The Morgan fingerprint density at radius 1 is 1.41 bits per heavy atom. The summed E-state index contributed by atoms with van der Waals surface area (Å²) in [5, 5.41) is 19.5. The van der Waals surface area contributed by atoms with Gasteiger partial charge in [-0.3, -0.25) is 14.7 Å². The number of aliphatic carboxylic acids is 1. The topological polar surface area (TPSA) is 119 Å². The molecule has 0 fully saturated rings. The van der Waals surface area contributed by atoms with E-state index >= 15 is 0 Å². The predicted octanol–water partition coefficient (Wildman–Crippen LogP) is 3.04. The summed E-state index contributed by atoms with van der Waals surface area (Å²) in [5.41, 5.74) is -0.00715. The number of nitrogens with zero attached hydrogens (tertiary/aromatic N) is 3. The van der Waals surface area contributed by atoms with Gasteiger partial charge in [0.25, 0.3) is 5.56 Å². The van der Waals surface area contributed by atoms with Crippen molar-refractivity contribution in [3.8, 4) is 11.5 Å². The van der Waals surface area contributed by atoms with Crippen molar-refractivity contribution >= 4 is 36.0 Å². The Hall–Kier alpha value is -2.72. The van der Waals surface area contributed by atoms with Crippen LogP contribution in [0, 0.1) is 4.77 Å². The summed E-state index contributed by atoms with van der Waals surface area (Å²) in [6.45, 7) is 4.73. The first-order valence-electron chi connectivity index (χ1n) is 8.93. The second-order valence-electron chi connectivity index (χ2n) is 5.84. The van der Waals surface area contributed by atoms with E-state index < -0.39 is 11.5 Å². The molecule has 156 valence electrons. The maximum absolute atomic E-state index is 12.5. The summed E-state index contributed by atoms with van der Waals surface area (Å²) in [5.74, 6) is -0.127. The lowest BCUT2D eigenvalue weighted by Crippen LogP contribution is -2.25. The van der Waals surface area contributed by atoms with E-state index in [1.54, 1.807) is 12.1 Å². The van der Waals surface area contributed by atoms with Gasteiger partial charge in [0, 0.05) is 6.42 Å². The first-order valence-corrected chi connectivity index (χ1v) is 9.71. The van der Waals surface area contributed by atoms with Crippen LogP contribution in [0.4, 0.5) is 0 Å². The molecule has 0 unspecified atom stereocenters. The van der Waals surface area contributed by atoms with Crippen molar-refractivity contribution in [3.63, 3.8) is 0 Å². The normalized spacial score (nSPS) is 11.0. The van der Waals surface area contributed by atoms with Crippen molar-refractivity contribution in [1.82, 2.24) is 14.9 Å². The van der Waals surface area contributed by atoms with Crippen molar-refractivity contribution in [2.45, 2.75) is 33.1 Å². The molecule has 1 aromatic heterocycles. The number of carboxylic acids is 1. The average Bonchev–Trinajstić information content (AvgIpc) is 2.66. The Bertz CT molecular complexity index is 1020. The molecule has 2 rings (SSSR count). The van der Waals surface area contributed by atoms with E-state index in [0.29, 0.717) is 35.3 Å². The third kappa shape index (κ3) is 6.13. The molecule has 9 nitrogen and oxygen atoms in total. The third-order valence-electron chi connectivity index (χ3n) is 3.60. The molecular weight excluding hydrogens is 420 g/mol. The zero-order valence-corrected chi connectivity index (χ0v) is 17.5. The van der Waals surface area contributed by atoms with Crippen LogP contribution >= 0.6 is 23.8 Å². The highest BCUT2D eigenvalue weighted by atomic mass is 35.5. The summed E-state index contributed by atoms with van der Waals surface area (Å²) >= 11 is 11.4. The Morgan fingerprint density at radius 2 is 2.17 bits per heavy atom. The molecule has 1 heterocycles. The van der Waals surface area contributed by atoms with Crippen molar-refractivity contribution in [2.75, 3.05) is 13.2 Å². The predicted molar refractivity (Wildman–Crippen MR) is 111 cm³/mol. The molecule has 0 atom stereocenters. The van der Waals surface area contributed by atoms with Crippen LogP contribution in [0.2, 0.25) is 5.02 Å². The molecule has 0 spiro atoms. The van der Waals surface area contributed by atoms with E-state index in [2.05, 4.69) is 15.3 Å². The lowest BCUT2D eigenvalue weighted by Gasteiger charge is -2.13. The number of aromatic amines is 1. The van der Waals surface area contributed by atoms with Crippen molar-refractivity contribution in [3.05, 3.63) is 43.5 Å². The molecule has 2 aromatic rings. The minimum atomic E-state index is -1.04. The number of H-pyrrole nitrogens is 1. The minimum absolute atomic E-state index is 0.0227. The van der Waals surface area contributed by atoms with Gasteiger partial charge in [0.1, 0.15) is 5.69 Å². The summed E-state index contributed by atoms with van der Waals surface area (Å²) in [7, 11) is 0. The Morgan fingerprint density at radius 3 is 2.83 bits per heavy atom. The quantitative estimate of drug-likeness (QED) is 0.430. The first kappa shape index (κ1) is 22.6. The van der Waals surface area contributed by atoms with Gasteiger partial charge in [0.15, 0.2) is 11.5 Å². The van der Waals surface area contributed by atoms with Crippen LogP contribution in [0.5, 0.6) is 11.5 Å². The summed E-state index contributed by atoms with van der Waals surface area (Å²) in [6, 6.07) is 3.32. The number of hydrogen-bond donors (Lipinski definition) is 2. The van der Waals surface area contributed by atoms with Crippen LogP contribution < -0.4 is 15.0 Å². The van der Waals surface area contributed by atoms with E-state index in [-0.39, 0.29) is 23.3 Å². The molecule has 0 amide bonds. The van der Waals surface area contributed by atoms with Crippen molar-refractivity contribution < 1.29 is 19.4 Å². The van der Waals surface area contributed by atoms with Crippen LogP contribution in [0.1, 0.15) is 37.9 Å². The number of aryl methyl sites for hydroxylation is 1. The second-order valence-corrected chi connectivity index (χ2v) is 6.64. The second kappa shape index (κ2) is 10.7. The van der Waals surface area contributed by atoms with Gasteiger partial charge < -0.3 is 14.6 Å². The summed E-state index contributed by atoms with van der Waals surface area (Å²) < 4.78 is 12.2. The smallest absolute Gasteiger partial charge is 0.303 e. The Kier molecular flexibility index (Phi) is 8.34. The summed E-state index contributed by atoms with van der Waals surface area (Å²) in [4.78, 5) is 23.2. The molecule has 0 saturated carbocycles. The molecular formula is C18H21ClN4O5S. The number of nitrogens with one attached hydrogen (secondary N) is 1. The van der Waals surface area contributed by atoms with Crippen LogP contribution in [0.3, 0.4) is 0 Å². The molecule has 29 heavy (non-hydrogen) atoms. The number of ether oxygens (including phenoxy) is 2. The molecule has 1 aromatic carbocycles. The van der Waals surface area contributed by atoms with Crippen molar-refractivity contribution in [2.24, 2.45) is 5.10 Å². The van der Waals surface area contributed by atoms with E-state index in [1.807, 2.05) is 13.8 Å². The highest BCUT2D eigenvalue weighted by Crippen LogP contribution is 2.36. The van der Waals surface area contributed by atoms with Gasteiger partial charge in [-0.1, -0.05) is 18.5 Å². The number of halogens is 1. The van der Waals surface area contributed by atoms with Gasteiger partial charge in [0.2, 0.25) is 4.77 Å². The van der Waals surface area contributed by atoms with E-state index in [4.69, 9.17) is 38.4 Å². The molecule has 0 saturated heterocycles. The molecule has 2 N–H and O–H groups in total. The highest BCUT2D eigenvalue weighted by molar-refractivity contribution is 7.71. The maximum atomic E-state index is 12.5. The number of benzene rings is 1. The number of carboxylic acid groups (broad SMARTS) is 1. The highest BCUT2D eigenvalue weighted by Gasteiger charge is 2.13. The van der Waals surface area contributed by atoms with Crippen LogP contribution in [-0.4, -0.2) is 45.4 Å². The van der Waals surface area contributed by atoms with Gasteiger partial charge in [-0.05, 0) is 43.3 Å². The monoisotopic (exact) mass is 440 g/mol. The van der Waals surface area contributed by atoms with Gasteiger partial charge in [0.05, 0.1) is 30.9 Å². The van der Waals surface area contributed by atoms with Gasteiger partial charge in [-0.25, -0.2) is 0 Å². The molecule has 0 radical (unpaired) electrons. The van der Waals surface area contributed by atoms with Crippen molar-refractivity contribution in [1.29, 1.82) is 0 Å². The molecule has 11 heteroatoms. The zero-order chi connectivity index (χ0) is 21.4. The van der Waals surface area contributed by atoms with E-state index in [9.17, 15) is 9.59 Å². The standard InChI is InChI=1S/C18H21ClN4O5S/c1-3-7-28-16-12(19)8-11(9-14(16)27-4-2)10-20-23-17(26)13(5-6-15(24)25)21-22-18(23)29/h8-10H,3-7H2,1-2H3,(H,22,29)(H,24,25)/b20-10-.